The van der Waals surface area contributed by atoms with E-state index >= 15 is 0 Å². The van der Waals surface area contributed by atoms with E-state index in [1.165, 1.54) is 7.11 Å². The van der Waals surface area contributed by atoms with Gasteiger partial charge in [-0.25, -0.2) is 9.59 Å². The predicted molar refractivity (Wildman–Crippen MR) is 78.5 cm³/mol. The van der Waals surface area contributed by atoms with Gasteiger partial charge in [0.05, 0.1) is 19.8 Å². The highest BCUT2D eigenvalue weighted by molar-refractivity contribution is 5.93. The van der Waals surface area contributed by atoms with E-state index in [1.807, 2.05) is 6.08 Å². The van der Waals surface area contributed by atoms with Crippen molar-refractivity contribution in [3.05, 3.63) is 42.0 Å². The standard InChI is InChI=1S/C17H18O5/c1-20-14-7-4-12(5-8-14)15(18)22-17(16(19)21-2)10-11-3-6-13(17)9-11/h3-8,11,13H,9-10H2,1-2H3/t11-,13+,17+/m1/s1. The summed E-state index contributed by atoms with van der Waals surface area (Å²) in [4.78, 5) is 24.6. The molecule has 0 unspecified atom stereocenters. The zero-order valence-electron chi connectivity index (χ0n) is 12.6. The first-order chi connectivity index (χ1) is 10.6. The normalized spacial score (nSPS) is 28.5. The molecule has 1 saturated carbocycles. The molecule has 0 N–H and O–H groups in total. The minimum Gasteiger partial charge on any atom is -0.497 e. The van der Waals surface area contributed by atoms with Crippen molar-refractivity contribution in [1.82, 2.24) is 0 Å². The van der Waals surface area contributed by atoms with Crippen LogP contribution < -0.4 is 4.74 Å². The molecule has 0 aromatic heterocycles. The Bertz CT molecular complexity index is 618. The minimum absolute atomic E-state index is 0.104. The second kappa shape index (κ2) is 5.48. The van der Waals surface area contributed by atoms with Crippen LogP contribution in [0.4, 0.5) is 0 Å². The fourth-order valence-electron chi connectivity index (χ4n) is 3.33. The van der Waals surface area contributed by atoms with Gasteiger partial charge in [-0.05, 0) is 36.6 Å². The highest BCUT2D eigenvalue weighted by Crippen LogP contribution is 2.49. The van der Waals surface area contributed by atoms with Crippen LogP contribution in [0.2, 0.25) is 0 Å². The lowest BCUT2D eigenvalue weighted by Crippen LogP contribution is -2.47. The Morgan fingerprint density at radius 3 is 2.36 bits per heavy atom. The third-order valence-electron chi connectivity index (χ3n) is 4.47. The van der Waals surface area contributed by atoms with Crippen LogP contribution in [0.15, 0.2) is 36.4 Å². The molecule has 1 fully saturated rings. The molecule has 116 valence electrons. The molecule has 0 saturated heterocycles. The van der Waals surface area contributed by atoms with Crippen LogP contribution in [0.5, 0.6) is 5.75 Å². The number of ether oxygens (including phenoxy) is 3. The number of carbonyl (C=O) groups excluding carboxylic acids is 2. The van der Waals surface area contributed by atoms with Gasteiger partial charge in [0.25, 0.3) is 0 Å². The third kappa shape index (κ3) is 2.26. The maximum atomic E-state index is 12.4. The zero-order chi connectivity index (χ0) is 15.7. The fourth-order valence-corrected chi connectivity index (χ4v) is 3.33. The lowest BCUT2D eigenvalue weighted by molar-refractivity contribution is -0.166. The number of benzene rings is 1. The maximum Gasteiger partial charge on any atom is 0.351 e. The third-order valence-corrected chi connectivity index (χ3v) is 4.47. The highest BCUT2D eigenvalue weighted by atomic mass is 16.6. The summed E-state index contributed by atoms with van der Waals surface area (Å²) in [6, 6.07) is 6.61. The van der Waals surface area contributed by atoms with Crippen molar-refractivity contribution in [1.29, 1.82) is 0 Å². The fraction of sp³-hybridized carbons (Fsp3) is 0.412. The number of carbonyl (C=O) groups is 2. The number of fused-ring (bicyclic) bond motifs is 2. The summed E-state index contributed by atoms with van der Waals surface area (Å²) in [6.45, 7) is 0. The molecule has 3 rings (SSSR count). The largest absolute Gasteiger partial charge is 0.497 e. The van der Waals surface area contributed by atoms with Gasteiger partial charge in [-0.15, -0.1) is 0 Å². The Morgan fingerprint density at radius 1 is 1.14 bits per heavy atom. The van der Waals surface area contributed by atoms with Crippen molar-refractivity contribution >= 4 is 11.9 Å². The topological polar surface area (TPSA) is 61.8 Å². The van der Waals surface area contributed by atoms with Crippen molar-refractivity contribution in [2.75, 3.05) is 14.2 Å². The van der Waals surface area contributed by atoms with Gasteiger partial charge in [-0.2, -0.15) is 0 Å². The monoisotopic (exact) mass is 302 g/mol. The molecule has 1 aromatic carbocycles. The Hall–Kier alpha value is -2.30. The van der Waals surface area contributed by atoms with E-state index in [1.54, 1.807) is 31.4 Å². The molecule has 5 nitrogen and oxygen atoms in total. The van der Waals surface area contributed by atoms with Gasteiger partial charge in [-0.1, -0.05) is 12.2 Å². The summed E-state index contributed by atoms with van der Waals surface area (Å²) < 4.78 is 15.6. The minimum atomic E-state index is -1.19. The molecule has 2 bridgehead atoms. The van der Waals surface area contributed by atoms with Crippen LogP contribution >= 0.6 is 0 Å². The van der Waals surface area contributed by atoms with E-state index in [4.69, 9.17) is 14.2 Å². The van der Waals surface area contributed by atoms with Crippen LogP contribution in [0.3, 0.4) is 0 Å². The molecule has 0 radical (unpaired) electrons. The van der Waals surface area contributed by atoms with Gasteiger partial charge in [0.15, 0.2) is 0 Å². The summed E-state index contributed by atoms with van der Waals surface area (Å²) in [7, 11) is 2.88. The molecule has 5 heteroatoms. The predicted octanol–water partition coefficient (Wildman–Crippen LogP) is 2.36. The Labute approximate surface area is 128 Å². The van der Waals surface area contributed by atoms with Crippen LogP contribution in [0.25, 0.3) is 0 Å². The first-order valence-electron chi connectivity index (χ1n) is 7.23. The first-order valence-corrected chi connectivity index (χ1v) is 7.23. The quantitative estimate of drug-likeness (QED) is 0.631. The molecule has 2 aliphatic carbocycles. The Balaban J connectivity index is 1.83. The SMILES string of the molecule is COC(=O)[C@]1(OC(=O)c2ccc(OC)cc2)C[C@@H]2C=C[C@H]1C2. The van der Waals surface area contributed by atoms with E-state index in [2.05, 4.69) is 6.08 Å². The van der Waals surface area contributed by atoms with Crippen LogP contribution in [0, 0.1) is 11.8 Å². The average Bonchev–Trinajstić information content (AvgIpc) is 3.15. The number of rotatable bonds is 4. The summed E-state index contributed by atoms with van der Waals surface area (Å²) in [5.41, 5.74) is -0.804. The average molecular weight is 302 g/mol. The van der Waals surface area contributed by atoms with Crippen molar-refractivity contribution in [3.8, 4) is 5.75 Å². The van der Waals surface area contributed by atoms with Gasteiger partial charge in [0, 0.05) is 12.3 Å². The van der Waals surface area contributed by atoms with E-state index in [9.17, 15) is 9.59 Å². The molecule has 22 heavy (non-hydrogen) atoms. The number of hydrogen-bond donors (Lipinski definition) is 0. The second-order valence-electron chi connectivity index (χ2n) is 5.69. The number of esters is 2. The molecule has 3 atom stereocenters. The summed E-state index contributed by atoms with van der Waals surface area (Å²) in [5.74, 6) is -0.179. The molecule has 0 heterocycles. The molecule has 1 aromatic rings. The number of hydrogen-bond acceptors (Lipinski definition) is 5. The number of methoxy groups -OCH3 is 2. The first kappa shape index (κ1) is 14.6. The molecule has 0 spiro atoms. The van der Waals surface area contributed by atoms with Crippen molar-refractivity contribution < 1.29 is 23.8 Å². The van der Waals surface area contributed by atoms with Crippen molar-refractivity contribution in [2.24, 2.45) is 11.8 Å². The second-order valence-corrected chi connectivity index (χ2v) is 5.69. The molecule has 0 aliphatic heterocycles. The lowest BCUT2D eigenvalue weighted by Gasteiger charge is -2.32. The summed E-state index contributed by atoms with van der Waals surface area (Å²) >= 11 is 0. The molecular weight excluding hydrogens is 284 g/mol. The maximum absolute atomic E-state index is 12.4. The zero-order valence-corrected chi connectivity index (χ0v) is 12.6. The molecular formula is C17H18O5. The van der Waals surface area contributed by atoms with E-state index in [0.29, 0.717) is 17.7 Å². The van der Waals surface area contributed by atoms with Gasteiger partial charge in [0.2, 0.25) is 5.60 Å². The number of allylic oxidation sites excluding steroid dienone is 1. The van der Waals surface area contributed by atoms with Crippen molar-refractivity contribution in [2.45, 2.75) is 18.4 Å². The van der Waals surface area contributed by atoms with E-state index in [-0.39, 0.29) is 11.8 Å². The van der Waals surface area contributed by atoms with Gasteiger partial charge < -0.3 is 14.2 Å². The van der Waals surface area contributed by atoms with Gasteiger partial charge in [0.1, 0.15) is 5.75 Å². The summed E-state index contributed by atoms with van der Waals surface area (Å²) in [5, 5.41) is 0. The van der Waals surface area contributed by atoms with Crippen LogP contribution in [-0.4, -0.2) is 31.8 Å². The lowest BCUT2D eigenvalue weighted by atomic mass is 9.88. The molecule has 2 aliphatic rings. The Kier molecular flexibility index (Phi) is 3.64. The molecule has 0 amide bonds. The van der Waals surface area contributed by atoms with E-state index < -0.39 is 17.5 Å². The highest BCUT2D eigenvalue weighted by Gasteiger charge is 2.57. The van der Waals surface area contributed by atoms with Gasteiger partial charge >= 0.3 is 11.9 Å². The van der Waals surface area contributed by atoms with Crippen LogP contribution in [0.1, 0.15) is 23.2 Å². The van der Waals surface area contributed by atoms with Gasteiger partial charge in [-0.3, -0.25) is 0 Å². The Morgan fingerprint density at radius 2 is 1.86 bits per heavy atom. The summed E-state index contributed by atoms with van der Waals surface area (Å²) in [6.07, 6.45) is 5.34. The van der Waals surface area contributed by atoms with Crippen LogP contribution in [-0.2, 0) is 14.3 Å². The van der Waals surface area contributed by atoms with Crippen molar-refractivity contribution in [3.63, 3.8) is 0 Å². The smallest absolute Gasteiger partial charge is 0.351 e. The van der Waals surface area contributed by atoms with E-state index in [0.717, 1.165) is 6.42 Å².